The van der Waals surface area contributed by atoms with Crippen LogP contribution in [0.4, 0.5) is 0 Å². The van der Waals surface area contributed by atoms with Crippen LogP contribution in [0.1, 0.15) is 28.0 Å². The van der Waals surface area contributed by atoms with Crippen molar-refractivity contribution >= 4 is 5.91 Å². The molecule has 1 N–H and O–H groups in total. The number of H-pyrrole nitrogens is 1. The zero-order valence-corrected chi connectivity index (χ0v) is 20.3. The van der Waals surface area contributed by atoms with E-state index in [4.69, 9.17) is 0 Å². The van der Waals surface area contributed by atoms with Crippen LogP contribution in [0, 0.1) is 0 Å². The summed E-state index contributed by atoms with van der Waals surface area (Å²) in [6.45, 7) is 1.38. The van der Waals surface area contributed by atoms with Gasteiger partial charge in [-0.3, -0.25) is 14.6 Å². The lowest BCUT2D eigenvalue weighted by Gasteiger charge is -2.19. The van der Waals surface area contributed by atoms with Gasteiger partial charge in [0.05, 0.1) is 12.2 Å². The molecule has 0 fully saturated rings. The van der Waals surface area contributed by atoms with Crippen LogP contribution in [0.15, 0.2) is 103 Å². The highest BCUT2D eigenvalue weighted by Gasteiger charge is 2.16. The van der Waals surface area contributed by atoms with Crippen molar-refractivity contribution in [3.8, 4) is 22.4 Å². The number of aromatic nitrogens is 4. The third kappa shape index (κ3) is 5.44. The average molecular weight is 476 g/mol. The van der Waals surface area contributed by atoms with E-state index in [9.17, 15) is 4.79 Å². The molecule has 0 spiro atoms. The second-order valence-electron chi connectivity index (χ2n) is 8.92. The van der Waals surface area contributed by atoms with Crippen LogP contribution in [0.3, 0.4) is 0 Å². The number of rotatable bonds is 9. The fraction of sp³-hybridized carbons (Fsp3) is 0.167. The Labute approximate surface area is 211 Å². The van der Waals surface area contributed by atoms with Crippen molar-refractivity contribution in [2.24, 2.45) is 0 Å². The molecule has 0 aliphatic rings. The molecule has 2 heterocycles. The van der Waals surface area contributed by atoms with E-state index < -0.39 is 0 Å². The van der Waals surface area contributed by atoms with E-state index in [2.05, 4.69) is 57.8 Å². The van der Waals surface area contributed by atoms with E-state index in [0.717, 1.165) is 53.0 Å². The van der Waals surface area contributed by atoms with Crippen molar-refractivity contribution < 1.29 is 4.79 Å². The Morgan fingerprint density at radius 3 is 2.47 bits per heavy atom. The predicted octanol–water partition coefficient (Wildman–Crippen LogP) is 5.69. The number of carbonyl (C=O) groups excluding carboxylic acids is 1. The van der Waals surface area contributed by atoms with Crippen molar-refractivity contribution in [3.63, 3.8) is 0 Å². The van der Waals surface area contributed by atoms with E-state index in [1.165, 1.54) is 0 Å². The van der Waals surface area contributed by atoms with Gasteiger partial charge in [-0.1, -0.05) is 72.8 Å². The lowest BCUT2D eigenvalue weighted by molar-refractivity contribution is 0.0794. The summed E-state index contributed by atoms with van der Waals surface area (Å²) in [5.41, 5.74) is 6.97. The summed E-state index contributed by atoms with van der Waals surface area (Å²) in [7, 11) is 1.87. The first-order chi connectivity index (χ1) is 17.7. The Kier molecular flexibility index (Phi) is 7.03. The van der Waals surface area contributed by atoms with Gasteiger partial charge in [0.1, 0.15) is 0 Å². The third-order valence-electron chi connectivity index (χ3n) is 6.31. The van der Waals surface area contributed by atoms with Crippen LogP contribution in [0.2, 0.25) is 0 Å². The molecule has 6 nitrogen and oxygen atoms in total. The molecule has 0 bridgehead atoms. The van der Waals surface area contributed by atoms with E-state index in [0.29, 0.717) is 12.1 Å². The Morgan fingerprint density at radius 1 is 0.917 bits per heavy atom. The van der Waals surface area contributed by atoms with Gasteiger partial charge in [-0.2, -0.15) is 10.2 Å². The Balaban J connectivity index is 1.21. The van der Waals surface area contributed by atoms with Crippen LogP contribution in [0.5, 0.6) is 0 Å². The predicted molar refractivity (Wildman–Crippen MR) is 143 cm³/mol. The Hall–Kier alpha value is -4.45. The summed E-state index contributed by atoms with van der Waals surface area (Å²) >= 11 is 0. The largest absolute Gasteiger partial charge is 0.342 e. The number of amides is 1. The van der Waals surface area contributed by atoms with Gasteiger partial charge in [-0.25, -0.2) is 0 Å². The van der Waals surface area contributed by atoms with Gasteiger partial charge in [-0.15, -0.1) is 0 Å². The van der Waals surface area contributed by atoms with Crippen LogP contribution in [-0.4, -0.2) is 44.4 Å². The minimum Gasteiger partial charge on any atom is -0.342 e. The van der Waals surface area contributed by atoms with Gasteiger partial charge in [0.15, 0.2) is 0 Å². The first-order valence-corrected chi connectivity index (χ1v) is 12.2. The van der Waals surface area contributed by atoms with Gasteiger partial charge >= 0.3 is 0 Å². The third-order valence-corrected chi connectivity index (χ3v) is 6.31. The standard InChI is InChI=1S/C30H29N5O/c1-34(19-7-11-26-21-29(33-32-26)25-9-3-2-4-10-25)30(36)28-13-6-5-12-27(28)24-16-14-23(15-17-24)22-35-20-8-18-31-35/h2-6,8-10,12-18,20-21H,7,11,19,22H2,1H3,(H,32,33). The lowest BCUT2D eigenvalue weighted by atomic mass is 9.98. The minimum atomic E-state index is 0.0285. The second kappa shape index (κ2) is 10.9. The van der Waals surface area contributed by atoms with Crippen molar-refractivity contribution in [2.45, 2.75) is 19.4 Å². The zero-order chi connectivity index (χ0) is 24.7. The molecule has 6 heteroatoms. The molecule has 0 saturated heterocycles. The molecule has 0 unspecified atom stereocenters. The molecular weight excluding hydrogens is 446 g/mol. The molecule has 0 atom stereocenters. The molecule has 36 heavy (non-hydrogen) atoms. The molecule has 0 aliphatic heterocycles. The maximum Gasteiger partial charge on any atom is 0.254 e. The topological polar surface area (TPSA) is 66.8 Å². The SMILES string of the molecule is CN(CCCc1cc(-c2ccccc2)n[nH]1)C(=O)c1ccccc1-c1ccc(Cn2cccn2)cc1. The van der Waals surface area contributed by atoms with Crippen molar-refractivity contribution in [2.75, 3.05) is 13.6 Å². The smallest absolute Gasteiger partial charge is 0.254 e. The number of nitrogens with one attached hydrogen (secondary N) is 1. The molecule has 180 valence electrons. The molecule has 2 aromatic heterocycles. The molecule has 5 aromatic rings. The fourth-order valence-electron chi connectivity index (χ4n) is 4.35. The fourth-order valence-corrected chi connectivity index (χ4v) is 4.35. The monoisotopic (exact) mass is 475 g/mol. The van der Waals surface area contributed by atoms with Gasteiger partial charge in [0.2, 0.25) is 0 Å². The van der Waals surface area contributed by atoms with Gasteiger partial charge < -0.3 is 4.90 Å². The molecule has 3 aromatic carbocycles. The maximum absolute atomic E-state index is 13.3. The van der Waals surface area contributed by atoms with E-state index in [1.54, 1.807) is 11.1 Å². The zero-order valence-electron chi connectivity index (χ0n) is 20.3. The van der Waals surface area contributed by atoms with E-state index in [-0.39, 0.29) is 5.91 Å². The number of hydrogen-bond donors (Lipinski definition) is 1. The highest BCUT2D eigenvalue weighted by Crippen LogP contribution is 2.25. The van der Waals surface area contributed by atoms with Crippen molar-refractivity contribution in [3.05, 3.63) is 120 Å². The summed E-state index contributed by atoms with van der Waals surface area (Å²) in [6, 6.07) is 30.3. The second-order valence-corrected chi connectivity index (χ2v) is 8.92. The molecule has 0 saturated carbocycles. The minimum absolute atomic E-state index is 0.0285. The molecule has 0 radical (unpaired) electrons. The average Bonchev–Trinajstić information content (AvgIpc) is 3.62. The van der Waals surface area contributed by atoms with Crippen molar-refractivity contribution in [1.29, 1.82) is 0 Å². The molecule has 5 rings (SSSR count). The number of aryl methyl sites for hydroxylation is 1. The molecule has 1 amide bonds. The summed E-state index contributed by atoms with van der Waals surface area (Å²) in [5.74, 6) is 0.0285. The van der Waals surface area contributed by atoms with Crippen LogP contribution < -0.4 is 0 Å². The first-order valence-electron chi connectivity index (χ1n) is 12.2. The number of benzene rings is 3. The van der Waals surface area contributed by atoms with Crippen LogP contribution in [0.25, 0.3) is 22.4 Å². The summed E-state index contributed by atoms with van der Waals surface area (Å²) in [5, 5.41) is 11.8. The quantitative estimate of drug-likeness (QED) is 0.298. The number of hydrogen-bond acceptors (Lipinski definition) is 3. The lowest BCUT2D eigenvalue weighted by Crippen LogP contribution is -2.28. The summed E-state index contributed by atoms with van der Waals surface area (Å²) in [4.78, 5) is 15.1. The number of nitrogens with zero attached hydrogens (tertiary/aromatic N) is 4. The number of aromatic amines is 1. The highest BCUT2D eigenvalue weighted by molar-refractivity contribution is 6.00. The van der Waals surface area contributed by atoms with E-state index >= 15 is 0 Å². The van der Waals surface area contributed by atoms with Gasteiger partial charge in [0.25, 0.3) is 5.91 Å². The van der Waals surface area contributed by atoms with Crippen LogP contribution >= 0.6 is 0 Å². The first kappa shape index (κ1) is 23.3. The van der Waals surface area contributed by atoms with Gasteiger partial charge in [0, 0.05) is 42.8 Å². The van der Waals surface area contributed by atoms with Gasteiger partial charge in [-0.05, 0) is 47.7 Å². The number of carbonyl (C=O) groups is 1. The summed E-state index contributed by atoms with van der Waals surface area (Å²) < 4.78 is 1.90. The van der Waals surface area contributed by atoms with Crippen molar-refractivity contribution in [1.82, 2.24) is 24.9 Å². The maximum atomic E-state index is 13.3. The molecular formula is C30H29N5O. The van der Waals surface area contributed by atoms with Crippen LogP contribution in [-0.2, 0) is 13.0 Å². The normalized spacial score (nSPS) is 10.9. The Morgan fingerprint density at radius 2 is 1.69 bits per heavy atom. The summed E-state index contributed by atoms with van der Waals surface area (Å²) in [6.07, 6.45) is 5.41. The van der Waals surface area contributed by atoms with E-state index in [1.807, 2.05) is 66.5 Å². The molecule has 0 aliphatic carbocycles. The Bertz CT molecular complexity index is 1410. The highest BCUT2D eigenvalue weighted by atomic mass is 16.2.